The van der Waals surface area contributed by atoms with Gasteiger partial charge in [-0.05, 0) is 32.1 Å². The molecule has 19 heavy (non-hydrogen) atoms. The van der Waals surface area contributed by atoms with Crippen molar-refractivity contribution in [2.45, 2.75) is 44.2 Å². The first-order valence-corrected chi connectivity index (χ1v) is 6.94. The Morgan fingerprint density at radius 1 is 1.58 bits per heavy atom. The third kappa shape index (κ3) is 3.60. The predicted molar refractivity (Wildman–Crippen MR) is 72.6 cm³/mol. The van der Waals surface area contributed by atoms with E-state index in [1.807, 2.05) is 6.92 Å². The quantitative estimate of drug-likeness (QED) is 0.704. The van der Waals surface area contributed by atoms with Gasteiger partial charge in [-0.15, -0.1) is 5.10 Å². The second kappa shape index (κ2) is 6.56. The van der Waals surface area contributed by atoms with Crippen LogP contribution in [0.1, 0.15) is 37.9 Å². The fourth-order valence-electron chi connectivity index (χ4n) is 2.80. The molecule has 0 aliphatic heterocycles. The van der Waals surface area contributed by atoms with Crippen molar-refractivity contribution in [3.63, 3.8) is 0 Å². The van der Waals surface area contributed by atoms with E-state index in [-0.39, 0.29) is 30.7 Å². The molecule has 1 heterocycles. The minimum absolute atomic E-state index is 0.0374. The molecule has 1 saturated carbocycles. The molecule has 4 N–H and O–H groups in total. The molecule has 1 fully saturated rings. The number of aliphatic hydroxyl groups excluding tert-OH is 1. The molecule has 106 valence electrons. The summed E-state index contributed by atoms with van der Waals surface area (Å²) >= 11 is 5.86. The van der Waals surface area contributed by atoms with Gasteiger partial charge in [0.05, 0.1) is 12.9 Å². The molecule has 0 saturated heterocycles. The fraction of sp³-hybridized carbons (Fsp3) is 0.750. The maximum atomic E-state index is 8.97. The summed E-state index contributed by atoms with van der Waals surface area (Å²) in [6.07, 6.45) is 4.19. The van der Waals surface area contributed by atoms with Crippen LogP contribution in [0, 0.1) is 5.92 Å². The van der Waals surface area contributed by atoms with E-state index in [2.05, 4.69) is 20.5 Å². The van der Waals surface area contributed by atoms with Crippen LogP contribution in [0.2, 0.25) is 5.15 Å². The molecule has 7 heteroatoms. The molecule has 1 aliphatic rings. The Bertz CT molecular complexity index is 419. The molecule has 2 rings (SSSR count). The van der Waals surface area contributed by atoms with Gasteiger partial charge in [-0.2, -0.15) is 5.10 Å². The number of nitrogens with one attached hydrogen (secondary N) is 1. The summed E-state index contributed by atoms with van der Waals surface area (Å²) < 4.78 is 0. The van der Waals surface area contributed by atoms with Crippen molar-refractivity contribution >= 4 is 11.6 Å². The Morgan fingerprint density at radius 2 is 2.37 bits per heavy atom. The van der Waals surface area contributed by atoms with Crippen LogP contribution in [0.5, 0.6) is 0 Å². The van der Waals surface area contributed by atoms with Gasteiger partial charge in [0.1, 0.15) is 0 Å². The smallest absolute Gasteiger partial charge is 0.155 e. The molecule has 0 bridgehead atoms. The van der Waals surface area contributed by atoms with E-state index in [0.717, 1.165) is 19.3 Å². The van der Waals surface area contributed by atoms with Crippen LogP contribution in [-0.2, 0) is 0 Å². The van der Waals surface area contributed by atoms with Gasteiger partial charge in [0.15, 0.2) is 11.0 Å². The first-order chi connectivity index (χ1) is 9.11. The third-order valence-corrected chi connectivity index (χ3v) is 4.10. The molecule has 1 aromatic rings. The van der Waals surface area contributed by atoms with Crippen molar-refractivity contribution < 1.29 is 5.11 Å². The number of nitrogens with zero attached hydrogens (tertiary/aromatic N) is 3. The highest BCUT2D eigenvalue weighted by molar-refractivity contribution is 6.29. The fourth-order valence-corrected chi connectivity index (χ4v) is 2.93. The Labute approximate surface area is 117 Å². The van der Waals surface area contributed by atoms with Crippen LogP contribution in [0.3, 0.4) is 0 Å². The highest BCUT2D eigenvalue weighted by atomic mass is 35.5. The van der Waals surface area contributed by atoms with Gasteiger partial charge in [-0.1, -0.05) is 11.6 Å². The maximum absolute atomic E-state index is 8.97. The summed E-state index contributed by atoms with van der Waals surface area (Å²) in [7, 11) is 0. The summed E-state index contributed by atoms with van der Waals surface area (Å²) in [4.78, 5) is 4.24. The van der Waals surface area contributed by atoms with Crippen LogP contribution in [0.25, 0.3) is 0 Å². The maximum Gasteiger partial charge on any atom is 0.155 e. The van der Waals surface area contributed by atoms with Crippen molar-refractivity contribution in [1.29, 1.82) is 0 Å². The molecule has 1 aliphatic carbocycles. The zero-order valence-corrected chi connectivity index (χ0v) is 11.7. The molecule has 0 radical (unpaired) electrons. The first-order valence-electron chi connectivity index (χ1n) is 6.56. The van der Waals surface area contributed by atoms with Gasteiger partial charge >= 0.3 is 0 Å². The van der Waals surface area contributed by atoms with Gasteiger partial charge in [0, 0.05) is 18.0 Å². The zero-order valence-electron chi connectivity index (χ0n) is 11.0. The van der Waals surface area contributed by atoms with E-state index < -0.39 is 0 Å². The summed E-state index contributed by atoms with van der Waals surface area (Å²) in [5.41, 5.74) is 6.18. The number of nitrogens with two attached hydrogens (primary N) is 1. The number of aromatic nitrogens is 3. The Hall–Kier alpha value is -0.820. The van der Waals surface area contributed by atoms with Crippen molar-refractivity contribution in [2.75, 3.05) is 6.73 Å². The normalized spacial score (nSPS) is 29.2. The SMILES string of the molecule is CC(NCO)C1CC(c2nncc(Cl)n2)CCC1N. The molecular formula is C12H20ClN5O. The number of aliphatic hydroxyl groups is 1. The third-order valence-electron chi connectivity index (χ3n) is 3.92. The topological polar surface area (TPSA) is 97.0 Å². The van der Waals surface area contributed by atoms with E-state index in [4.69, 9.17) is 22.4 Å². The van der Waals surface area contributed by atoms with Crippen molar-refractivity contribution in [3.05, 3.63) is 17.2 Å². The molecule has 4 unspecified atom stereocenters. The summed E-state index contributed by atoms with van der Waals surface area (Å²) in [5, 5.41) is 20.3. The lowest BCUT2D eigenvalue weighted by atomic mass is 9.75. The molecule has 0 aromatic carbocycles. The van der Waals surface area contributed by atoms with E-state index in [1.54, 1.807) is 0 Å². The van der Waals surface area contributed by atoms with Crippen LogP contribution < -0.4 is 11.1 Å². The van der Waals surface area contributed by atoms with Crippen LogP contribution in [0.15, 0.2) is 6.20 Å². The van der Waals surface area contributed by atoms with Gasteiger partial charge in [0.2, 0.25) is 0 Å². The number of halogens is 1. The zero-order chi connectivity index (χ0) is 13.8. The predicted octanol–water partition coefficient (Wildman–Crippen LogP) is 0.664. The number of rotatable bonds is 4. The minimum atomic E-state index is -0.0374. The van der Waals surface area contributed by atoms with Crippen molar-refractivity contribution in [2.24, 2.45) is 11.7 Å². The first kappa shape index (κ1) is 14.6. The van der Waals surface area contributed by atoms with Crippen molar-refractivity contribution in [1.82, 2.24) is 20.5 Å². The van der Waals surface area contributed by atoms with E-state index in [9.17, 15) is 0 Å². The lowest BCUT2D eigenvalue weighted by Gasteiger charge is -2.37. The number of hydrogen-bond acceptors (Lipinski definition) is 6. The van der Waals surface area contributed by atoms with Crippen molar-refractivity contribution in [3.8, 4) is 0 Å². The molecule has 1 aromatic heterocycles. The lowest BCUT2D eigenvalue weighted by molar-refractivity contribution is 0.176. The monoisotopic (exact) mass is 285 g/mol. The second-order valence-electron chi connectivity index (χ2n) is 5.13. The Balaban J connectivity index is 2.08. The average Bonchev–Trinajstić information content (AvgIpc) is 2.39. The Kier molecular flexibility index (Phi) is 5.04. The molecule has 0 spiro atoms. The van der Waals surface area contributed by atoms with E-state index in [0.29, 0.717) is 11.0 Å². The standard InChI is InChI=1S/C12H20ClN5O/c1-7(15-6-19)9-4-8(2-3-10(9)14)12-17-11(13)5-16-18-12/h5,7-10,15,19H,2-4,6,14H2,1H3. The summed E-state index contributed by atoms with van der Waals surface area (Å²) in [5.74, 6) is 1.22. The van der Waals surface area contributed by atoms with Gasteiger partial charge in [-0.3, -0.25) is 5.32 Å². The van der Waals surface area contributed by atoms with Crippen LogP contribution >= 0.6 is 11.6 Å². The lowest BCUT2D eigenvalue weighted by Crippen LogP contribution is -2.47. The molecule has 6 nitrogen and oxygen atoms in total. The van der Waals surface area contributed by atoms with Crippen LogP contribution in [0.4, 0.5) is 0 Å². The largest absolute Gasteiger partial charge is 0.381 e. The van der Waals surface area contributed by atoms with E-state index in [1.165, 1.54) is 6.20 Å². The summed E-state index contributed by atoms with van der Waals surface area (Å²) in [6.45, 7) is 2.00. The van der Waals surface area contributed by atoms with Gasteiger partial charge in [-0.25, -0.2) is 4.98 Å². The summed E-state index contributed by atoms with van der Waals surface area (Å²) in [6, 6.07) is 0.299. The minimum Gasteiger partial charge on any atom is -0.381 e. The number of hydrogen-bond donors (Lipinski definition) is 3. The Morgan fingerprint density at radius 3 is 3.05 bits per heavy atom. The van der Waals surface area contributed by atoms with Gasteiger partial charge < -0.3 is 10.8 Å². The average molecular weight is 286 g/mol. The van der Waals surface area contributed by atoms with Crippen LogP contribution in [-0.4, -0.2) is 39.1 Å². The highest BCUT2D eigenvalue weighted by Gasteiger charge is 2.33. The highest BCUT2D eigenvalue weighted by Crippen LogP contribution is 2.35. The van der Waals surface area contributed by atoms with E-state index >= 15 is 0 Å². The molecule has 4 atom stereocenters. The molecular weight excluding hydrogens is 266 g/mol. The molecule has 0 amide bonds. The second-order valence-corrected chi connectivity index (χ2v) is 5.51. The van der Waals surface area contributed by atoms with Gasteiger partial charge in [0.25, 0.3) is 0 Å².